The number of carbonyl (C=O) groups is 2. The molecule has 7 nitrogen and oxygen atoms in total. The van der Waals surface area contributed by atoms with Crippen molar-refractivity contribution < 1.29 is 14.7 Å². The number of carboxylic acids is 1. The van der Waals surface area contributed by atoms with Crippen molar-refractivity contribution >= 4 is 17.8 Å². The molecule has 2 fully saturated rings. The second kappa shape index (κ2) is 8.11. The second-order valence-corrected chi connectivity index (χ2v) is 7.68. The zero-order valence-electron chi connectivity index (χ0n) is 16.4. The zero-order chi connectivity index (χ0) is 20.3. The molecule has 7 heteroatoms. The minimum Gasteiger partial charge on any atom is -0.481 e. The Morgan fingerprint density at radius 2 is 1.45 bits per heavy atom. The maximum Gasteiger partial charge on any atom is 0.320 e. The van der Waals surface area contributed by atoms with Gasteiger partial charge in [0.1, 0.15) is 5.82 Å². The standard InChI is InChI=1S/C22H26N4O3/c27-20(28)22(18-6-2-1-3-7-18)9-12-25(13-10-22)21(29)26-16-14-24(15-17-26)19-8-4-5-11-23-19/h1-8,11H,9-10,12-17H2,(H,27,28). The first-order valence-electron chi connectivity index (χ1n) is 10.1. The van der Waals surface area contributed by atoms with Crippen LogP contribution in [0.4, 0.5) is 10.6 Å². The zero-order valence-corrected chi connectivity index (χ0v) is 16.4. The maximum atomic E-state index is 13.0. The summed E-state index contributed by atoms with van der Waals surface area (Å²) in [4.78, 5) is 35.3. The summed E-state index contributed by atoms with van der Waals surface area (Å²) in [6.45, 7) is 3.71. The van der Waals surface area contributed by atoms with E-state index in [9.17, 15) is 14.7 Å². The first-order chi connectivity index (χ1) is 14.1. The number of aromatic nitrogens is 1. The Labute approximate surface area is 170 Å². The fraction of sp³-hybridized carbons (Fsp3) is 0.409. The van der Waals surface area contributed by atoms with Crippen molar-refractivity contribution in [3.63, 3.8) is 0 Å². The fourth-order valence-electron chi connectivity index (χ4n) is 4.33. The Morgan fingerprint density at radius 3 is 2.03 bits per heavy atom. The number of hydrogen-bond donors (Lipinski definition) is 1. The number of piperazine rings is 1. The highest BCUT2D eigenvalue weighted by Gasteiger charge is 2.44. The van der Waals surface area contributed by atoms with E-state index in [2.05, 4.69) is 9.88 Å². The smallest absolute Gasteiger partial charge is 0.320 e. The van der Waals surface area contributed by atoms with E-state index in [-0.39, 0.29) is 6.03 Å². The van der Waals surface area contributed by atoms with Crippen molar-refractivity contribution in [2.24, 2.45) is 0 Å². The number of aliphatic carboxylic acids is 1. The number of likely N-dealkylation sites (tertiary alicyclic amines) is 1. The van der Waals surface area contributed by atoms with Gasteiger partial charge in [-0.25, -0.2) is 9.78 Å². The largest absolute Gasteiger partial charge is 0.481 e. The van der Waals surface area contributed by atoms with Gasteiger partial charge in [-0.3, -0.25) is 4.79 Å². The van der Waals surface area contributed by atoms with Gasteiger partial charge < -0.3 is 19.8 Å². The lowest BCUT2D eigenvalue weighted by atomic mass is 9.73. The molecule has 0 aliphatic carbocycles. The highest BCUT2D eigenvalue weighted by molar-refractivity contribution is 5.82. The summed E-state index contributed by atoms with van der Waals surface area (Å²) in [5.41, 5.74) is -0.0843. The predicted molar refractivity (Wildman–Crippen MR) is 110 cm³/mol. The summed E-state index contributed by atoms with van der Waals surface area (Å²) in [6, 6.07) is 15.3. The minimum atomic E-state index is -0.907. The fourth-order valence-corrected chi connectivity index (χ4v) is 4.33. The number of rotatable bonds is 3. The molecule has 0 bridgehead atoms. The van der Waals surface area contributed by atoms with Gasteiger partial charge in [-0.1, -0.05) is 36.4 Å². The number of nitrogens with zero attached hydrogens (tertiary/aromatic N) is 4. The van der Waals surface area contributed by atoms with E-state index in [4.69, 9.17) is 0 Å². The van der Waals surface area contributed by atoms with E-state index in [1.165, 1.54) is 0 Å². The van der Waals surface area contributed by atoms with Crippen LogP contribution < -0.4 is 4.90 Å². The number of carbonyl (C=O) groups excluding carboxylic acids is 1. The van der Waals surface area contributed by atoms with Gasteiger partial charge in [-0.15, -0.1) is 0 Å². The highest BCUT2D eigenvalue weighted by atomic mass is 16.4. The highest BCUT2D eigenvalue weighted by Crippen LogP contribution is 2.36. The van der Waals surface area contributed by atoms with Gasteiger partial charge in [0, 0.05) is 45.5 Å². The summed E-state index contributed by atoms with van der Waals surface area (Å²) in [5, 5.41) is 9.93. The number of urea groups is 1. The number of carboxylic acid groups (broad SMARTS) is 1. The van der Waals surface area contributed by atoms with Gasteiger partial charge in [-0.05, 0) is 30.5 Å². The van der Waals surface area contributed by atoms with Crippen LogP contribution in [-0.4, -0.2) is 71.2 Å². The van der Waals surface area contributed by atoms with Crippen LogP contribution in [0.3, 0.4) is 0 Å². The normalized spacial score (nSPS) is 19.1. The van der Waals surface area contributed by atoms with Crippen molar-refractivity contribution in [3.05, 3.63) is 60.3 Å². The lowest BCUT2D eigenvalue weighted by Gasteiger charge is -2.42. The van der Waals surface area contributed by atoms with Crippen LogP contribution in [0.5, 0.6) is 0 Å². The van der Waals surface area contributed by atoms with Gasteiger partial charge >= 0.3 is 12.0 Å². The van der Waals surface area contributed by atoms with Crippen LogP contribution >= 0.6 is 0 Å². The third-order valence-corrected chi connectivity index (χ3v) is 6.15. The molecular formula is C22H26N4O3. The molecule has 0 atom stereocenters. The Morgan fingerprint density at radius 1 is 0.828 bits per heavy atom. The van der Waals surface area contributed by atoms with E-state index in [1.54, 1.807) is 11.1 Å². The van der Waals surface area contributed by atoms with Crippen LogP contribution in [0.25, 0.3) is 0 Å². The summed E-state index contributed by atoms with van der Waals surface area (Å²) in [5.74, 6) is 0.131. The summed E-state index contributed by atoms with van der Waals surface area (Å²) in [7, 11) is 0. The molecule has 152 valence electrons. The number of benzene rings is 1. The SMILES string of the molecule is O=C(N1CCN(c2ccccn2)CC1)N1CCC(C(=O)O)(c2ccccc2)CC1. The lowest BCUT2D eigenvalue weighted by Crippen LogP contribution is -2.56. The van der Waals surface area contributed by atoms with E-state index < -0.39 is 11.4 Å². The molecular weight excluding hydrogens is 368 g/mol. The molecule has 2 aliphatic heterocycles. The molecule has 4 rings (SSSR count). The molecule has 1 N–H and O–H groups in total. The van der Waals surface area contributed by atoms with Gasteiger partial charge in [0.25, 0.3) is 0 Å². The number of pyridine rings is 1. The molecule has 1 aromatic carbocycles. The van der Waals surface area contributed by atoms with E-state index >= 15 is 0 Å². The second-order valence-electron chi connectivity index (χ2n) is 7.68. The summed E-state index contributed by atoms with van der Waals surface area (Å²) in [6.07, 6.45) is 2.65. The molecule has 0 radical (unpaired) electrons. The Bertz CT molecular complexity index is 843. The summed E-state index contributed by atoms with van der Waals surface area (Å²) < 4.78 is 0. The Kier molecular flexibility index (Phi) is 5.38. The third-order valence-electron chi connectivity index (χ3n) is 6.15. The van der Waals surface area contributed by atoms with Crippen molar-refractivity contribution in [2.45, 2.75) is 18.3 Å². The van der Waals surface area contributed by atoms with Gasteiger partial charge in [-0.2, -0.15) is 0 Å². The van der Waals surface area contributed by atoms with Crippen LogP contribution in [0.1, 0.15) is 18.4 Å². The predicted octanol–water partition coefficient (Wildman–Crippen LogP) is 2.44. The molecule has 0 saturated carbocycles. The van der Waals surface area contributed by atoms with E-state index in [0.29, 0.717) is 39.0 Å². The third kappa shape index (κ3) is 3.77. The Balaban J connectivity index is 1.36. The molecule has 2 aromatic rings. The topological polar surface area (TPSA) is 77.0 Å². The van der Waals surface area contributed by atoms with Crippen molar-refractivity contribution in [1.29, 1.82) is 0 Å². The average molecular weight is 394 g/mol. The molecule has 1 aromatic heterocycles. The molecule has 2 saturated heterocycles. The first kappa shape index (κ1) is 19.2. The average Bonchev–Trinajstić information content (AvgIpc) is 2.80. The first-order valence-corrected chi connectivity index (χ1v) is 10.1. The van der Waals surface area contributed by atoms with Crippen LogP contribution in [0.15, 0.2) is 54.7 Å². The van der Waals surface area contributed by atoms with E-state index in [0.717, 1.165) is 24.5 Å². The number of amides is 2. The maximum absolute atomic E-state index is 13.0. The number of hydrogen-bond acceptors (Lipinski definition) is 4. The molecule has 2 aliphatic rings. The van der Waals surface area contributed by atoms with Gasteiger partial charge in [0.15, 0.2) is 0 Å². The monoisotopic (exact) mass is 394 g/mol. The van der Waals surface area contributed by atoms with Crippen molar-refractivity contribution in [2.75, 3.05) is 44.2 Å². The number of anilines is 1. The molecule has 29 heavy (non-hydrogen) atoms. The summed E-state index contributed by atoms with van der Waals surface area (Å²) >= 11 is 0. The van der Waals surface area contributed by atoms with E-state index in [1.807, 2.05) is 53.4 Å². The van der Waals surface area contributed by atoms with Gasteiger partial charge in [0.2, 0.25) is 0 Å². The molecule has 3 heterocycles. The molecule has 0 spiro atoms. The van der Waals surface area contributed by atoms with Crippen molar-refractivity contribution in [1.82, 2.24) is 14.8 Å². The van der Waals surface area contributed by atoms with Crippen LogP contribution in [0.2, 0.25) is 0 Å². The van der Waals surface area contributed by atoms with Gasteiger partial charge in [0.05, 0.1) is 5.41 Å². The quantitative estimate of drug-likeness (QED) is 0.865. The molecule has 0 unspecified atom stereocenters. The molecule has 2 amide bonds. The lowest BCUT2D eigenvalue weighted by molar-refractivity contribution is -0.145. The number of piperidine rings is 1. The van der Waals surface area contributed by atoms with Crippen LogP contribution in [0, 0.1) is 0 Å². The van der Waals surface area contributed by atoms with Crippen molar-refractivity contribution in [3.8, 4) is 0 Å². The minimum absolute atomic E-state index is 0.0118. The van der Waals surface area contributed by atoms with Crippen LogP contribution in [-0.2, 0) is 10.2 Å². The Hall–Kier alpha value is -3.09.